The van der Waals surface area contributed by atoms with Gasteiger partial charge in [0.1, 0.15) is 10.7 Å². The molecule has 0 spiro atoms. The van der Waals surface area contributed by atoms with Gasteiger partial charge in [0, 0.05) is 37.3 Å². The number of sulfonamides is 1. The van der Waals surface area contributed by atoms with Crippen molar-refractivity contribution in [2.75, 3.05) is 24.5 Å². The molecule has 1 heterocycles. The lowest BCUT2D eigenvalue weighted by Crippen LogP contribution is -2.34. The highest BCUT2D eigenvalue weighted by Gasteiger charge is 2.30. The van der Waals surface area contributed by atoms with Gasteiger partial charge in [0.25, 0.3) is 5.91 Å². The van der Waals surface area contributed by atoms with Crippen LogP contribution in [0.5, 0.6) is 0 Å². The fourth-order valence-electron chi connectivity index (χ4n) is 3.25. The summed E-state index contributed by atoms with van der Waals surface area (Å²) in [6, 6.07) is 9.16. The molecule has 0 saturated carbocycles. The van der Waals surface area contributed by atoms with Gasteiger partial charge in [0.2, 0.25) is 15.9 Å². The maximum atomic E-state index is 13.3. The molecule has 1 fully saturated rings. The van der Waals surface area contributed by atoms with E-state index in [1.54, 1.807) is 0 Å². The molecule has 1 aliphatic rings. The third-order valence-corrected chi connectivity index (χ3v) is 7.21. The van der Waals surface area contributed by atoms with E-state index in [2.05, 4.69) is 0 Å². The van der Waals surface area contributed by atoms with Gasteiger partial charge in [-0.25, -0.2) is 12.8 Å². The molecule has 2 aromatic carbocycles. The van der Waals surface area contributed by atoms with E-state index >= 15 is 0 Å². The lowest BCUT2D eigenvalue weighted by atomic mass is 10.1. The summed E-state index contributed by atoms with van der Waals surface area (Å²) < 4.78 is 40.5. The molecule has 0 atom stereocenters. The molecule has 1 saturated heterocycles. The van der Waals surface area contributed by atoms with E-state index < -0.39 is 27.7 Å². The number of nitrogens with two attached hydrogens (primary N) is 1. The Labute approximate surface area is 179 Å². The van der Waals surface area contributed by atoms with Gasteiger partial charge in [-0.1, -0.05) is 11.6 Å². The van der Waals surface area contributed by atoms with E-state index in [0.717, 1.165) is 12.8 Å². The predicted octanol–water partition coefficient (Wildman–Crippen LogP) is 2.79. The second-order valence-corrected chi connectivity index (χ2v) is 9.22. The van der Waals surface area contributed by atoms with Crippen molar-refractivity contribution < 1.29 is 22.4 Å². The first-order valence-electron chi connectivity index (χ1n) is 9.35. The van der Waals surface area contributed by atoms with Crippen molar-refractivity contribution in [1.29, 1.82) is 0 Å². The van der Waals surface area contributed by atoms with Crippen LogP contribution in [0.25, 0.3) is 0 Å². The second-order valence-electron chi connectivity index (χ2n) is 6.91. The van der Waals surface area contributed by atoms with Crippen LogP contribution < -0.4 is 10.6 Å². The Hall–Kier alpha value is -2.49. The maximum absolute atomic E-state index is 13.3. The number of nitrogens with zero attached hydrogens (tertiary/aromatic N) is 2. The highest BCUT2D eigenvalue weighted by atomic mass is 35.5. The first-order valence-corrected chi connectivity index (χ1v) is 11.2. The molecule has 1 aliphatic heterocycles. The molecular weight excluding hydrogens is 433 g/mol. The Morgan fingerprint density at radius 1 is 1.10 bits per heavy atom. The number of rotatable bonds is 7. The molecule has 0 aromatic heterocycles. The number of hydrogen-bond acceptors (Lipinski definition) is 4. The lowest BCUT2D eigenvalue weighted by molar-refractivity contribution is -0.117. The third-order valence-electron chi connectivity index (χ3n) is 4.83. The normalized spacial score (nSPS) is 14.6. The average Bonchev–Trinajstić information content (AvgIpc) is 3.25. The number of primary amides is 1. The summed E-state index contributed by atoms with van der Waals surface area (Å²) in [6.45, 7) is 0.755. The number of hydrogen-bond donors (Lipinski definition) is 1. The number of anilines is 1. The number of carbonyl (C=O) groups excluding carboxylic acids is 2. The van der Waals surface area contributed by atoms with Crippen molar-refractivity contribution in [3.05, 3.63) is 58.9 Å². The van der Waals surface area contributed by atoms with E-state index in [-0.39, 0.29) is 28.4 Å². The number of carbonyl (C=O) groups is 2. The van der Waals surface area contributed by atoms with Crippen molar-refractivity contribution >= 4 is 39.1 Å². The second kappa shape index (κ2) is 9.11. The van der Waals surface area contributed by atoms with Gasteiger partial charge in [-0.3, -0.25) is 9.59 Å². The van der Waals surface area contributed by atoms with Gasteiger partial charge >= 0.3 is 0 Å². The summed E-state index contributed by atoms with van der Waals surface area (Å²) in [6.07, 6.45) is 1.41. The number of amides is 2. The third kappa shape index (κ3) is 4.80. The topological polar surface area (TPSA) is 101 Å². The van der Waals surface area contributed by atoms with Crippen LogP contribution in [0.4, 0.5) is 10.1 Å². The van der Waals surface area contributed by atoms with Crippen molar-refractivity contribution in [3.63, 3.8) is 0 Å². The summed E-state index contributed by atoms with van der Waals surface area (Å²) >= 11 is 6.15. The van der Waals surface area contributed by atoms with E-state index in [1.807, 2.05) is 0 Å². The molecule has 2 N–H and O–H groups in total. The van der Waals surface area contributed by atoms with Gasteiger partial charge in [-0.15, -0.1) is 0 Å². The fraction of sp³-hybridized carbons (Fsp3) is 0.300. The minimum Gasteiger partial charge on any atom is -0.370 e. The quantitative estimate of drug-likeness (QED) is 0.696. The van der Waals surface area contributed by atoms with Crippen molar-refractivity contribution in [2.45, 2.75) is 24.2 Å². The van der Waals surface area contributed by atoms with Crippen LogP contribution in [-0.2, 0) is 14.8 Å². The predicted molar refractivity (Wildman–Crippen MR) is 111 cm³/mol. The fourth-order valence-corrected chi connectivity index (χ4v) is 5.27. The molecule has 7 nitrogen and oxygen atoms in total. The van der Waals surface area contributed by atoms with Crippen molar-refractivity contribution in [1.82, 2.24) is 4.31 Å². The molecule has 0 unspecified atom stereocenters. The standard InChI is InChI=1S/C20H21ClFN3O4S/c21-17-8-3-14(13-18(17)30(28,29)24-10-1-2-11-24)20(27)25(12-9-19(23)26)16-6-4-15(22)5-7-16/h3-8,13H,1-2,9-12H2,(H2,23,26). The van der Waals surface area contributed by atoms with Gasteiger partial charge in [0.15, 0.2) is 0 Å². The minimum atomic E-state index is -3.84. The zero-order valence-corrected chi connectivity index (χ0v) is 17.6. The smallest absolute Gasteiger partial charge is 0.258 e. The van der Waals surface area contributed by atoms with E-state index in [0.29, 0.717) is 18.8 Å². The van der Waals surface area contributed by atoms with Crippen LogP contribution in [-0.4, -0.2) is 44.2 Å². The van der Waals surface area contributed by atoms with Gasteiger partial charge in [-0.2, -0.15) is 4.31 Å². The Balaban J connectivity index is 1.98. The van der Waals surface area contributed by atoms with Crippen LogP contribution in [0.3, 0.4) is 0 Å². The Kier molecular flexibility index (Phi) is 6.74. The Morgan fingerprint density at radius 3 is 2.33 bits per heavy atom. The Bertz CT molecular complexity index is 1050. The van der Waals surface area contributed by atoms with Gasteiger partial charge in [-0.05, 0) is 55.3 Å². The van der Waals surface area contributed by atoms with Crippen LogP contribution in [0, 0.1) is 5.82 Å². The van der Waals surface area contributed by atoms with Crippen LogP contribution in [0.1, 0.15) is 29.6 Å². The monoisotopic (exact) mass is 453 g/mol. The van der Waals surface area contributed by atoms with Crippen LogP contribution >= 0.6 is 11.6 Å². The summed E-state index contributed by atoms with van der Waals surface area (Å²) in [4.78, 5) is 25.5. The van der Waals surface area contributed by atoms with E-state index in [9.17, 15) is 22.4 Å². The maximum Gasteiger partial charge on any atom is 0.258 e. The van der Waals surface area contributed by atoms with Gasteiger partial charge in [0.05, 0.1) is 5.02 Å². The molecule has 30 heavy (non-hydrogen) atoms. The van der Waals surface area contributed by atoms with Crippen LogP contribution in [0.15, 0.2) is 47.4 Å². The summed E-state index contributed by atoms with van der Waals surface area (Å²) in [7, 11) is -3.84. The van der Waals surface area contributed by atoms with E-state index in [4.69, 9.17) is 17.3 Å². The zero-order chi connectivity index (χ0) is 21.9. The molecule has 2 aromatic rings. The molecular formula is C20H21ClFN3O4S. The molecule has 3 rings (SSSR count). The summed E-state index contributed by atoms with van der Waals surface area (Å²) in [5.41, 5.74) is 5.64. The number of halogens is 2. The largest absolute Gasteiger partial charge is 0.370 e. The average molecular weight is 454 g/mol. The molecule has 0 bridgehead atoms. The van der Waals surface area contributed by atoms with Crippen molar-refractivity contribution in [2.24, 2.45) is 5.73 Å². The summed E-state index contributed by atoms with van der Waals surface area (Å²) in [5.74, 6) is -1.65. The zero-order valence-electron chi connectivity index (χ0n) is 16.1. The van der Waals surface area contributed by atoms with Crippen molar-refractivity contribution in [3.8, 4) is 0 Å². The van der Waals surface area contributed by atoms with E-state index in [1.165, 1.54) is 51.7 Å². The SMILES string of the molecule is NC(=O)CCN(C(=O)c1ccc(Cl)c(S(=O)(=O)N2CCCC2)c1)c1ccc(F)cc1. The molecule has 0 aliphatic carbocycles. The minimum absolute atomic E-state index is 0.0175. The van der Waals surface area contributed by atoms with Crippen LogP contribution in [0.2, 0.25) is 5.02 Å². The molecule has 10 heteroatoms. The molecule has 0 radical (unpaired) electrons. The molecule has 2 amide bonds. The lowest BCUT2D eigenvalue weighted by Gasteiger charge is -2.23. The first-order chi connectivity index (χ1) is 14.2. The Morgan fingerprint density at radius 2 is 1.73 bits per heavy atom. The van der Waals surface area contributed by atoms with Gasteiger partial charge < -0.3 is 10.6 Å². The highest BCUT2D eigenvalue weighted by Crippen LogP contribution is 2.29. The molecule has 160 valence electrons. The highest BCUT2D eigenvalue weighted by molar-refractivity contribution is 7.89. The number of benzene rings is 2. The summed E-state index contributed by atoms with van der Waals surface area (Å²) in [5, 5.41) is 0.0175. The first kappa shape index (κ1) is 22.2.